The fraction of sp³-hybridized carbons (Fsp3) is 0.294. The Morgan fingerprint density at radius 2 is 1.80 bits per heavy atom. The van der Waals surface area contributed by atoms with Gasteiger partial charge in [-0.1, -0.05) is 24.3 Å². The van der Waals surface area contributed by atoms with Crippen molar-refractivity contribution in [1.82, 2.24) is 0 Å². The Kier molecular flexibility index (Phi) is 4.51. The van der Waals surface area contributed by atoms with Crippen LogP contribution in [-0.2, 0) is 0 Å². The maximum absolute atomic E-state index is 5.28. The van der Waals surface area contributed by atoms with E-state index in [9.17, 15) is 0 Å². The van der Waals surface area contributed by atoms with E-state index >= 15 is 0 Å². The number of hydrogen-bond donors (Lipinski definition) is 1. The summed E-state index contributed by atoms with van der Waals surface area (Å²) < 4.78 is 5.28. The third kappa shape index (κ3) is 3.23. The second kappa shape index (κ2) is 6.33. The van der Waals surface area contributed by atoms with E-state index in [4.69, 9.17) is 4.74 Å². The Morgan fingerprint density at radius 1 is 1.05 bits per heavy atom. The highest BCUT2D eigenvalue weighted by molar-refractivity contribution is 5.69. The topological polar surface area (TPSA) is 24.5 Å². The molecule has 1 N–H and O–H groups in total. The third-order valence-electron chi connectivity index (χ3n) is 3.35. The molecule has 2 rings (SSSR count). The zero-order chi connectivity index (χ0) is 14.5. The van der Waals surface area contributed by atoms with E-state index in [2.05, 4.69) is 61.6 Å². The Balaban J connectivity index is 2.21. The molecule has 2 aromatic rings. The van der Waals surface area contributed by atoms with Crippen LogP contribution in [0.15, 0.2) is 48.5 Å². The summed E-state index contributed by atoms with van der Waals surface area (Å²) in [6, 6.07) is 16.7. The summed E-state index contributed by atoms with van der Waals surface area (Å²) in [4.78, 5) is 2.11. The van der Waals surface area contributed by atoms with Crippen molar-refractivity contribution in [2.24, 2.45) is 0 Å². The minimum Gasteiger partial charge on any atom is -0.497 e. The molecule has 1 unspecified atom stereocenters. The molecule has 1 atom stereocenters. The fourth-order valence-corrected chi connectivity index (χ4v) is 2.21. The number of anilines is 2. The second-order valence-electron chi connectivity index (χ2n) is 5.05. The van der Waals surface area contributed by atoms with Crippen molar-refractivity contribution >= 4 is 11.4 Å². The van der Waals surface area contributed by atoms with Crippen LogP contribution in [0, 0.1) is 0 Å². The lowest BCUT2D eigenvalue weighted by molar-refractivity contribution is 0.414. The van der Waals surface area contributed by atoms with E-state index in [1.54, 1.807) is 7.11 Å². The molecule has 0 fully saturated rings. The van der Waals surface area contributed by atoms with Crippen LogP contribution in [0.5, 0.6) is 5.75 Å². The van der Waals surface area contributed by atoms with Crippen molar-refractivity contribution in [3.63, 3.8) is 0 Å². The molecular weight excluding hydrogens is 248 g/mol. The Morgan fingerprint density at radius 3 is 2.50 bits per heavy atom. The molecule has 0 spiro atoms. The van der Waals surface area contributed by atoms with Crippen molar-refractivity contribution in [1.29, 1.82) is 0 Å². The summed E-state index contributed by atoms with van der Waals surface area (Å²) in [7, 11) is 5.80. The van der Waals surface area contributed by atoms with Gasteiger partial charge in [-0.2, -0.15) is 0 Å². The van der Waals surface area contributed by atoms with Crippen LogP contribution < -0.4 is 15.0 Å². The van der Waals surface area contributed by atoms with Gasteiger partial charge in [0.15, 0.2) is 0 Å². The first kappa shape index (κ1) is 14.3. The Bertz CT molecular complexity index is 566. The number of nitrogens with zero attached hydrogens (tertiary/aromatic N) is 1. The molecule has 3 nitrogen and oxygen atoms in total. The molecule has 0 bridgehead atoms. The van der Waals surface area contributed by atoms with Gasteiger partial charge in [-0.05, 0) is 36.8 Å². The van der Waals surface area contributed by atoms with E-state index in [0.717, 1.165) is 11.4 Å². The molecule has 106 valence electrons. The fourth-order valence-electron chi connectivity index (χ4n) is 2.21. The highest BCUT2D eigenvalue weighted by atomic mass is 16.5. The molecule has 20 heavy (non-hydrogen) atoms. The molecule has 0 aliphatic heterocycles. The van der Waals surface area contributed by atoms with E-state index in [1.165, 1.54) is 11.3 Å². The lowest BCUT2D eigenvalue weighted by atomic mass is 10.1. The van der Waals surface area contributed by atoms with Crippen LogP contribution in [0.1, 0.15) is 18.5 Å². The van der Waals surface area contributed by atoms with Crippen LogP contribution in [0.4, 0.5) is 11.4 Å². The van der Waals surface area contributed by atoms with Gasteiger partial charge in [0, 0.05) is 20.1 Å². The number of para-hydroxylation sites is 2. The quantitative estimate of drug-likeness (QED) is 0.890. The van der Waals surface area contributed by atoms with Crippen LogP contribution >= 0.6 is 0 Å². The number of methoxy groups -OCH3 is 1. The summed E-state index contributed by atoms with van der Waals surface area (Å²) in [5.74, 6) is 0.886. The third-order valence-corrected chi connectivity index (χ3v) is 3.35. The number of ether oxygens (including phenoxy) is 1. The normalized spacial score (nSPS) is 11.8. The first-order chi connectivity index (χ1) is 9.61. The SMILES string of the molecule is COc1cccc(C(C)Nc2ccccc2N(C)C)c1. The van der Waals surface area contributed by atoms with Gasteiger partial charge in [-0.25, -0.2) is 0 Å². The van der Waals surface area contributed by atoms with Gasteiger partial charge in [0.2, 0.25) is 0 Å². The molecule has 0 heterocycles. The average molecular weight is 270 g/mol. The molecule has 0 saturated heterocycles. The number of hydrogen-bond acceptors (Lipinski definition) is 3. The van der Waals surface area contributed by atoms with Gasteiger partial charge in [-0.15, -0.1) is 0 Å². The first-order valence-electron chi connectivity index (χ1n) is 6.78. The minimum atomic E-state index is 0.214. The molecule has 0 aliphatic rings. The summed E-state index contributed by atoms with van der Waals surface area (Å²) >= 11 is 0. The predicted octanol–water partition coefficient (Wildman–Crippen LogP) is 3.93. The molecular formula is C17H22N2O. The van der Waals surface area contributed by atoms with E-state index in [1.807, 2.05) is 18.2 Å². The molecule has 0 saturated carbocycles. The van der Waals surface area contributed by atoms with Gasteiger partial charge >= 0.3 is 0 Å². The number of benzene rings is 2. The lowest BCUT2D eigenvalue weighted by Crippen LogP contribution is -2.14. The van der Waals surface area contributed by atoms with Crippen molar-refractivity contribution in [3.05, 3.63) is 54.1 Å². The van der Waals surface area contributed by atoms with Crippen LogP contribution in [-0.4, -0.2) is 21.2 Å². The van der Waals surface area contributed by atoms with E-state index < -0.39 is 0 Å². The maximum atomic E-state index is 5.28. The average Bonchev–Trinajstić information content (AvgIpc) is 2.47. The van der Waals surface area contributed by atoms with Gasteiger partial charge in [0.25, 0.3) is 0 Å². The molecule has 3 heteroatoms. The van der Waals surface area contributed by atoms with Crippen molar-refractivity contribution in [2.45, 2.75) is 13.0 Å². The monoisotopic (exact) mass is 270 g/mol. The molecule has 0 amide bonds. The first-order valence-corrected chi connectivity index (χ1v) is 6.78. The number of rotatable bonds is 5. The van der Waals surface area contributed by atoms with Crippen LogP contribution in [0.2, 0.25) is 0 Å². The lowest BCUT2D eigenvalue weighted by Gasteiger charge is -2.22. The van der Waals surface area contributed by atoms with Crippen molar-refractivity contribution in [2.75, 3.05) is 31.4 Å². The maximum Gasteiger partial charge on any atom is 0.119 e. The number of nitrogens with one attached hydrogen (secondary N) is 1. The van der Waals surface area contributed by atoms with Crippen LogP contribution in [0.3, 0.4) is 0 Å². The molecule has 2 aromatic carbocycles. The smallest absolute Gasteiger partial charge is 0.119 e. The Hall–Kier alpha value is -2.16. The zero-order valence-electron chi connectivity index (χ0n) is 12.6. The van der Waals surface area contributed by atoms with E-state index in [0.29, 0.717) is 0 Å². The van der Waals surface area contributed by atoms with Gasteiger partial charge in [0.05, 0.1) is 18.5 Å². The zero-order valence-corrected chi connectivity index (χ0v) is 12.6. The standard InChI is InChI=1S/C17H22N2O/c1-13(14-8-7-9-15(12-14)20-4)18-16-10-5-6-11-17(16)19(2)3/h5-13,18H,1-4H3. The van der Waals surface area contributed by atoms with Gasteiger partial charge in [-0.3, -0.25) is 0 Å². The summed E-state index contributed by atoms with van der Waals surface area (Å²) in [5, 5.41) is 3.56. The summed E-state index contributed by atoms with van der Waals surface area (Å²) in [5.41, 5.74) is 3.52. The van der Waals surface area contributed by atoms with Crippen LogP contribution in [0.25, 0.3) is 0 Å². The molecule has 0 radical (unpaired) electrons. The van der Waals surface area contributed by atoms with Gasteiger partial charge < -0.3 is 15.0 Å². The van der Waals surface area contributed by atoms with Crippen molar-refractivity contribution in [3.8, 4) is 5.75 Å². The highest BCUT2D eigenvalue weighted by Gasteiger charge is 2.09. The Labute approximate surface area is 121 Å². The molecule has 0 aliphatic carbocycles. The highest BCUT2D eigenvalue weighted by Crippen LogP contribution is 2.28. The molecule has 0 aromatic heterocycles. The summed E-state index contributed by atoms with van der Waals surface area (Å²) in [6.07, 6.45) is 0. The van der Waals surface area contributed by atoms with E-state index in [-0.39, 0.29) is 6.04 Å². The minimum absolute atomic E-state index is 0.214. The largest absolute Gasteiger partial charge is 0.497 e. The predicted molar refractivity (Wildman–Crippen MR) is 85.8 cm³/mol. The van der Waals surface area contributed by atoms with Gasteiger partial charge in [0.1, 0.15) is 5.75 Å². The second-order valence-corrected chi connectivity index (χ2v) is 5.05. The van der Waals surface area contributed by atoms with Crippen molar-refractivity contribution < 1.29 is 4.74 Å². The summed E-state index contributed by atoms with van der Waals surface area (Å²) in [6.45, 7) is 2.15.